The summed E-state index contributed by atoms with van der Waals surface area (Å²) in [6.45, 7) is 12.0. The predicted molar refractivity (Wildman–Crippen MR) is 103 cm³/mol. The molecular formula is C19H28N2O2Si. The molecular weight excluding hydrogens is 316 g/mol. The predicted octanol–water partition coefficient (Wildman–Crippen LogP) is 3.98. The van der Waals surface area contributed by atoms with Crippen molar-refractivity contribution in [2.75, 3.05) is 12.3 Å². The first-order valence-corrected chi connectivity index (χ1v) is 11.2. The minimum absolute atomic E-state index is 0.121. The largest absolute Gasteiger partial charge is 0.416 e. The average molecular weight is 345 g/mol. The highest BCUT2D eigenvalue weighted by atomic mass is 28.4. The van der Waals surface area contributed by atoms with E-state index in [2.05, 4.69) is 39.9 Å². The number of pyridine rings is 1. The lowest BCUT2D eigenvalue weighted by atomic mass is 10.1. The van der Waals surface area contributed by atoms with E-state index in [4.69, 9.17) is 10.2 Å². The van der Waals surface area contributed by atoms with E-state index in [0.29, 0.717) is 12.3 Å². The van der Waals surface area contributed by atoms with Gasteiger partial charge in [-0.2, -0.15) is 0 Å². The van der Waals surface area contributed by atoms with Crippen LogP contribution in [-0.2, 0) is 10.8 Å². The second kappa shape index (κ2) is 6.95. The number of anilines is 1. The molecule has 24 heavy (non-hydrogen) atoms. The van der Waals surface area contributed by atoms with Crippen molar-refractivity contribution in [2.45, 2.75) is 45.3 Å². The first kappa shape index (κ1) is 18.5. The van der Waals surface area contributed by atoms with E-state index in [1.165, 1.54) is 6.07 Å². The second-order valence-electron chi connectivity index (χ2n) is 7.70. The van der Waals surface area contributed by atoms with Crippen LogP contribution in [0.1, 0.15) is 26.3 Å². The Kier molecular flexibility index (Phi) is 5.35. The van der Waals surface area contributed by atoms with E-state index >= 15 is 0 Å². The summed E-state index contributed by atoms with van der Waals surface area (Å²) >= 11 is 0. The van der Waals surface area contributed by atoms with Crippen molar-refractivity contribution < 1.29 is 4.43 Å². The van der Waals surface area contributed by atoms with Crippen molar-refractivity contribution in [1.82, 2.24) is 4.57 Å². The van der Waals surface area contributed by atoms with Gasteiger partial charge in [-0.15, -0.1) is 0 Å². The number of aromatic nitrogens is 1. The summed E-state index contributed by atoms with van der Waals surface area (Å²) in [5, 5.41) is 0.214. The highest BCUT2D eigenvalue weighted by Crippen LogP contribution is 2.36. The van der Waals surface area contributed by atoms with Gasteiger partial charge in [0, 0.05) is 30.2 Å². The minimum atomic E-state index is -1.72. The van der Waals surface area contributed by atoms with Crippen molar-refractivity contribution in [3.8, 4) is 5.69 Å². The number of nitrogens with two attached hydrogens (primary N) is 1. The number of nitrogen functional groups attached to an aromatic ring is 1. The molecule has 1 aromatic carbocycles. The molecule has 5 heteroatoms. The van der Waals surface area contributed by atoms with E-state index < -0.39 is 8.32 Å². The van der Waals surface area contributed by atoms with Gasteiger partial charge in [-0.1, -0.05) is 32.9 Å². The number of hydrogen-bond acceptors (Lipinski definition) is 3. The fraction of sp³-hybridized carbons (Fsp3) is 0.421. The molecule has 2 N–H and O–H groups in total. The van der Waals surface area contributed by atoms with Gasteiger partial charge in [-0.3, -0.25) is 9.36 Å². The zero-order valence-electron chi connectivity index (χ0n) is 15.3. The summed E-state index contributed by atoms with van der Waals surface area (Å²) < 4.78 is 7.84. The fourth-order valence-corrected chi connectivity index (χ4v) is 3.26. The van der Waals surface area contributed by atoms with Crippen molar-refractivity contribution in [2.24, 2.45) is 0 Å². The smallest absolute Gasteiger partial charge is 0.257 e. The quantitative estimate of drug-likeness (QED) is 0.835. The Bertz CT molecular complexity index is 760. The van der Waals surface area contributed by atoms with Crippen LogP contribution >= 0.6 is 0 Å². The van der Waals surface area contributed by atoms with Crippen molar-refractivity contribution in [3.63, 3.8) is 0 Å². The summed E-state index contributed by atoms with van der Waals surface area (Å²) in [5.41, 5.74) is 8.03. The highest BCUT2D eigenvalue weighted by molar-refractivity contribution is 6.74. The molecule has 2 rings (SSSR count). The second-order valence-corrected chi connectivity index (χ2v) is 12.5. The zero-order chi connectivity index (χ0) is 18.0. The summed E-state index contributed by atoms with van der Waals surface area (Å²) in [7, 11) is -1.72. The Labute approximate surface area is 145 Å². The number of hydrogen-bond donors (Lipinski definition) is 1. The molecule has 1 aromatic heterocycles. The molecule has 0 saturated carbocycles. The fourth-order valence-electron chi connectivity index (χ4n) is 2.21. The molecule has 4 nitrogen and oxygen atoms in total. The molecule has 0 saturated heterocycles. The van der Waals surface area contributed by atoms with Gasteiger partial charge in [-0.05, 0) is 48.3 Å². The van der Waals surface area contributed by atoms with Crippen molar-refractivity contribution >= 4 is 14.0 Å². The van der Waals surface area contributed by atoms with Gasteiger partial charge < -0.3 is 10.2 Å². The topological polar surface area (TPSA) is 57.2 Å². The normalized spacial score (nSPS) is 12.4. The molecule has 2 aromatic rings. The Balaban J connectivity index is 2.10. The maximum Gasteiger partial charge on any atom is 0.257 e. The van der Waals surface area contributed by atoms with Crippen LogP contribution in [0.5, 0.6) is 0 Å². The molecule has 0 amide bonds. The Morgan fingerprint density at radius 2 is 1.88 bits per heavy atom. The maximum absolute atomic E-state index is 12.1. The molecule has 0 fully saturated rings. The number of benzene rings is 1. The van der Waals surface area contributed by atoms with Gasteiger partial charge in [0.2, 0.25) is 0 Å². The molecule has 0 radical (unpaired) electrons. The Hall–Kier alpha value is -1.85. The van der Waals surface area contributed by atoms with E-state index in [1.807, 2.05) is 18.2 Å². The van der Waals surface area contributed by atoms with Gasteiger partial charge in [-0.25, -0.2) is 0 Å². The molecule has 0 aliphatic heterocycles. The molecule has 1 heterocycles. The highest BCUT2D eigenvalue weighted by Gasteiger charge is 2.36. The van der Waals surface area contributed by atoms with E-state index in [9.17, 15) is 4.79 Å². The standard InChI is InChI=1S/C19H28N2O2Si/c1-19(2,3)24(4,5)23-12-10-15-7-6-8-17(13-15)21-11-9-16(20)14-18(21)22/h6-9,11,13-14H,10,12,20H2,1-5H3. The first-order valence-electron chi connectivity index (χ1n) is 8.32. The minimum Gasteiger partial charge on any atom is -0.416 e. The van der Waals surface area contributed by atoms with Crippen LogP contribution in [0.4, 0.5) is 5.69 Å². The van der Waals surface area contributed by atoms with Gasteiger partial charge in [0.25, 0.3) is 5.56 Å². The van der Waals surface area contributed by atoms with Crippen LogP contribution in [0.25, 0.3) is 5.69 Å². The lowest BCUT2D eigenvalue weighted by Gasteiger charge is -2.36. The van der Waals surface area contributed by atoms with Crippen LogP contribution in [0.3, 0.4) is 0 Å². The third-order valence-electron chi connectivity index (χ3n) is 4.79. The summed E-state index contributed by atoms with van der Waals surface area (Å²) in [5.74, 6) is 0. The van der Waals surface area contributed by atoms with Crippen LogP contribution in [0, 0.1) is 0 Å². The Morgan fingerprint density at radius 1 is 1.17 bits per heavy atom. The SMILES string of the molecule is CC(C)(C)[Si](C)(C)OCCc1cccc(-n2ccc(N)cc2=O)c1. The van der Waals surface area contributed by atoms with Crippen LogP contribution in [0.15, 0.2) is 47.4 Å². The van der Waals surface area contributed by atoms with Crippen LogP contribution < -0.4 is 11.3 Å². The third kappa shape index (κ3) is 4.36. The molecule has 0 spiro atoms. The molecule has 0 bridgehead atoms. The van der Waals surface area contributed by atoms with Crippen molar-refractivity contribution in [1.29, 1.82) is 0 Å². The monoisotopic (exact) mass is 344 g/mol. The summed E-state index contributed by atoms with van der Waals surface area (Å²) in [4.78, 5) is 12.1. The van der Waals surface area contributed by atoms with Crippen molar-refractivity contribution in [3.05, 3.63) is 58.5 Å². The van der Waals surface area contributed by atoms with Gasteiger partial charge >= 0.3 is 0 Å². The van der Waals surface area contributed by atoms with Gasteiger partial charge in [0.15, 0.2) is 8.32 Å². The van der Waals surface area contributed by atoms with Gasteiger partial charge in [0.1, 0.15) is 0 Å². The van der Waals surface area contributed by atoms with E-state index in [0.717, 1.165) is 17.7 Å². The molecule has 0 atom stereocenters. The number of rotatable bonds is 5. The molecule has 0 aliphatic carbocycles. The average Bonchev–Trinajstić information content (AvgIpc) is 2.46. The summed E-state index contributed by atoms with van der Waals surface area (Å²) in [6.07, 6.45) is 2.55. The first-order chi connectivity index (χ1) is 11.1. The maximum atomic E-state index is 12.1. The lowest BCUT2D eigenvalue weighted by molar-refractivity contribution is 0.292. The van der Waals surface area contributed by atoms with E-state index in [1.54, 1.807) is 16.8 Å². The zero-order valence-corrected chi connectivity index (χ0v) is 16.3. The molecule has 0 aliphatic rings. The number of nitrogens with zero attached hydrogens (tertiary/aromatic N) is 1. The Morgan fingerprint density at radius 3 is 2.50 bits per heavy atom. The van der Waals surface area contributed by atoms with Crippen LogP contribution in [0.2, 0.25) is 18.1 Å². The van der Waals surface area contributed by atoms with Crippen LogP contribution in [-0.4, -0.2) is 19.5 Å². The van der Waals surface area contributed by atoms with E-state index in [-0.39, 0.29) is 10.6 Å². The van der Waals surface area contributed by atoms with Gasteiger partial charge in [0.05, 0.1) is 0 Å². The molecule has 0 unspecified atom stereocenters. The summed E-state index contributed by atoms with van der Waals surface area (Å²) in [6, 6.07) is 11.2. The molecule has 130 valence electrons. The third-order valence-corrected chi connectivity index (χ3v) is 9.33. The lowest BCUT2D eigenvalue weighted by Crippen LogP contribution is -2.41.